The van der Waals surface area contributed by atoms with Crippen LogP contribution in [0.25, 0.3) is 0 Å². The first-order valence-electron chi connectivity index (χ1n) is 7.18. The Kier molecular flexibility index (Phi) is 4.65. The fourth-order valence-corrected chi connectivity index (χ4v) is 2.11. The Balaban J connectivity index is 1.90. The average Bonchev–Trinajstić information content (AvgIpc) is 3.20. The maximum Gasteiger partial charge on any atom is 0.119 e. The van der Waals surface area contributed by atoms with Crippen LogP contribution in [0, 0.1) is 5.92 Å². The minimum atomic E-state index is 0.487. The van der Waals surface area contributed by atoms with E-state index in [0.29, 0.717) is 17.9 Å². The minimum absolute atomic E-state index is 0.487. The Bertz CT molecular complexity index is 356. The van der Waals surface area contributed by atoms with Gasteiger partial charge in [0.05, 0.1) is 6.10 Å². The average molecular weight is 247 g/mol. The summed E-state index contributed by atoms with van der Waals surface area (Å²) in [6.45, 7) is 8.89. The smallest absolute Gasteiger partial charge is 0.119 e. The molecule has 0 heterocycles. The lowest BCUT2D eigenvalue weighted by Crippen LogP contribution is -2.24. The van der Waals surface area contributed by atoms with Crippen molar-refractivity contribution in [2.75, 3.05) is 13.1 Å². The molecule has 18 heavy (non-hydrogen) atoms. The predicted octanol–water partition coefficient (Wildman–Crippen LogP) is 3.58. The third-order valence-corrected chi connectivity index (χ3v) is 3.80. The van der Waals surface area contributed by atoms with Crippen molar-refractivity contribution in [3.8, 4) is 5.75 Å². The third kappa shape index (κ3) is 3.74. The van der Waals surface area contributed by atoms with Gasteiger partial charge in [0.15, 0.2) is 0 Å². The minimum Gasteiger partial charge on any atom is -0.490 e. The number of nitrogens with one attached hydrogen (secondary N) is 1. The molecule has 0 saturated heterocycles. The fourth-order valence-electron chi connectivity index (χ4n) is 2.11. The van der Waals surface area contributed by atoms with E-state index >= 15 is 0 Å². The molecule has 2 heteroatoms. The van der Waals surface area contributed by atoms with Crippen molar-refractivity contribution in [1.29, 1.82) is 0 Å². The molecule has 2 rings (SSSR count). The molecule has 1 fully saturated rings. The quantitative estimate of drug-likeness (QED) is 0.795. The summed E-state index contributed by atoms with van der Waals surface area (Å²) in [6.07, 6.45) is 2.93. The zero-order valence-corrected chi connectivity index (χ0v) is 11.8. The Labute approximate surface area is 111 Å². The van der Waals surface area contributed by atoms with E-state index in [1.807, 2.05) is 0 Å². The summed E-state index contributed by atoms with van der Waals surface area (Å²) in [5, 5.41) is 3.42. The molecule has 1 N–H and O–H groups in total. The largest absolute Gasteiger partial charge is 0.490 e. The highest BCUT2D eigenvalue weighted by Crippen LogP contribution is 2.29. The van der Waals surface area contributed by atoms with Gasteiger partial charge in [0, 0.05) is 0 Å². The van der Waals surface area contributed by atoms with E-state index in [-0.39, 0.29) is 0 Å². The van der Waals surface area contributed by atoms with Crippen molar-refractivity contribution in [2.45, 2.75) is 45.6 Å². The number of benzene rings is 1. The van der Waals surface area contributed by atoms with Crippen molar-refractivity contribution in [3.05, 3.63) is 29.8 Å². The molecule has 100 valence electrons. The Hall–Kier alpha value is -1.02. The molecule has 2 unspecified atom stereocenters. The summed E-state index contributed by atoms with van der Waals surface area (Å²) in [6, 6.07) is 8.66. The van der Waals surface area contributed by atoms with Gasteiger partial charge in [-0.1, -0.05) is 32.9 Å². The van der Waals surface area contributed by atoms with E-state index < -0.39 is 0 Å². The van der Waals surface area contributed by atoms with Crippen molar-refractivity contribution in [3.63, 3.8) is 0 Å². The van der Waals surface area contributed by atoms with Gasteiger partial charge in [-0.3, -0.25) is 0 Å². The van der Waals surface area contributed by atoms with Crippen LogP contribution in [0.2, 0.25) is 0 Å². The molecule has 0 bridgehead atoms. The second kappa shape index (κ2) is 6.24. The van der Waals surface area contributed by atoms with E-state index in [4.69, 9.17) is 4.74 Å². The maximum atomic E-state index is 5.77. The molecule has 2 nitrogen and oxygen atoms in total. The lowest BCUT2D eigenvalue weighted by Gasteiger charge is -2.21. The number of ether oxygens (including phenoxy) is 1. The molecule has 1 aliphatic rings. The molecule has 0 radical (unpaired) electrons. The topological polar surface area (TPSA) is 21.3 Å². The van der Waals surface area contributed by atoms with E-state index in [1.165, 1.54) is 18.4 Å². The highest BCUT2D eigenvalue weighted by atomic mass is 16.5. The van der Waals surface area contributed by atoms with Gasteiger partial charge in [-0.05, 0) is 55.5 Å². The first-order valence-corrected chi connectivity index (χ1v) is 7.18. The van der Waals surface area contributed by atoms with Gasteiger partial charge >= 0.3 is 0 Å². The van der Waals surface area contributed by atoms with Crippen LogP contribution in [0.3, 0.4) is 0 Å². The standard InChI is InChI=1S/C16H25NO/c1-4-17-11-12(2)13(3)14-5-7-15(8-6-14)18-16-9-10-16/h5-8,12-13,16-17H,4,9-11H2,1-3H3. The second-order valence-corrected chi connectivity index (χ2v) is 5.46. The van der Waals surface area contributed by atoms with Gasteiger partial charge < -0.3 is 10.1 Å². The van der Waals surface area contributed by atoms with Crippen LogP contribution in [-0.4, -0.2) is 19.2 Å². The molecule has 1 aromatic rings. The molecule has 0 aromatic heterocycles. The van der Waals surface area contributed by atoms with Gasteiger partial charge in [0.25, 0.3) is 0 Å². The molecule has 1 saturated carbocycles. The second-order valence-electron chi connectivity index (χ2n) is 5.46. The van der Waals surface area contributed by atoms with E-state index in [0.717, 1.165) is 18.8 Å². The first kappa shape index (κ1) is 13.4. The van der Waals surface area contributed by atoms with Crippen molar-refractivity contribution in [1.82, 2.24) is 5.32 Å². The normalized spacial score (nSPS) is 18.4. The van der Waals surface area contributed by atoms with Crippen LogP contribution < -0.4 is 10.1 Å². The van der Waals surface area contributed by atoms with Crippen molar-refractivity contribution in [2.24, 2.45) is 5.92 Å². The Morgan fingerprint density at radius 1 is 1.22 bits per heavy atom. The third-order valence-electron chi connectivity index (χ3n) is 3.80. The van der Waals surface area contributed by atoms with Gasteiger partial charge in [-0.25, -0.2) is 0 Å². The maximum absolute atomic E-state index is 5.77. The lowest BCUT2D eigenvalue weighted by atomic mass is 9.89. The van der Waals surface area contributed by atoms with Crippen LogP contribution in [0.1, 0.15) is 45.1 Å². The lowest BCUT2D eigenvalue weighted by molar-refractivity contribution is 0.303. The molecule has 0 amide bonds. The van der Waals surface area contributed by atoms with Crippen LogP contribution in [0.15, 0.2) is 24.3 Å². The molecule has 1 aliphatic carbocycles. The van der Waals surface area contributed by atoms with Crippen LogP contribution >= 0.6 is 0 Å². The van der Waals surface area contributed by atoms with Crippen LogP contribution in [-0.2, 0) is 0 Å². The number of hydrogen-bond donors (Lipinski definition) is 1. The predicted molar refractivity (Wildman–Crippen MR) is 76.2 cm³/mol. The molecular weight excluding hydrogens is 222 g/mol. The van der Waals surface area contributed by atoms with E-state index in [9.17, 15) is 0 Å². The number of rotatable bonds is 7. The summed E-state index contributed by atoms with van der Waals surface area (Å²) in [5.74, 6) is 2.26. The Morgan fingerprint density at radius 3 is 2.44 bits per heavy atom. The van der Waals surface area contributed by atoms with E-state index in [2.05, 4.69) is 50.4 Å². The highest BCUT2D eigenvalue weighted by molar-refractivity contribution is 5.30. The van der Waals surface area contributed by atoms with Gasteiger partial charge in [-0.15, -0.1) is 0 Å². The summed E-state index contributed by atoms with van der Waals surface area (Å²) < 4.78 is 5.77. The molecule has 2 atom stereocenters. The van der Waals surface area contributed by atoms with Crippen molar-refractivity contribution >= 4 is 0 Å². The molecule has 0 spiro atoms. The fraction of sp³-hybridized carbons (Fsp3) is 0.625. The molecule has 1 aromatic carbocycles. The van der Waals surface area contributed by atoms with Crippen molar-refractivity contribution < 1.29 is 4.74 Å². The number of hydrogen-bond acceptors (Lipinski definition) is 2. The summed E-state index contributed by atoms with van der Waals surface area (Å²) >= 11 is 0. The van der Waals surface area contributed by atoms with E-state index in [1.54, 1.807) is 0 Å². The Morgan fingerprint density at radius 2 is 1.89 bits per heavy atom. The molecule has 0 aliphatic heterocycles. The monoisotopic (exact) mass is 247 g/mol. The zero-order valence-electron chi connectivity index (χ0n) is 11.8. The molecular formula is C16H25NO. The SMILES string of the molecule is CCNCC(C)C(C)c1ccc(OC2CC2)cc1. The first-order chi connectivity index (χ1) is 8.70. The van der Waals surface area contributed by atoms with Gasteiger partial charge in [0.1, 0.15) is 5.75 Å². The van der Waals surface area contributed by atoms with Crippen LogP contribution in [0.4, 0.5) is 0 Å². The summed E-state index contributed by atoms with van der Waals surface area (Å²) in [7, 11) is 0. The summed E-state index contributed by atoms with van der Waals surface area (Å²) in [5.41, 5.74) is 1.41. The van der Waals surface area contributed by atoms with Gasteiger partial charge in [-0.2, -0.15) is 0 Å². The van der Waals surface area contributed by atoms with Gasteiger partial charge in [0.2, 0.25) is 0 Å². The zero-order chi connectivity index (χ0) is 13.0. The van der Waals surface area contributed by atoms with Crippen LogP contribution in [0.5, 0.6) is 5.75 Å². The summed E-state index contributed by atoms with van der Waals surface area (Å²) in [4.78, 5) is 0. The highest BCUT2D eigenvalue weighted by Gasteiger charge is 2.23.